The molecule has 29 heavy (non-hydrogen) atoms. The molecule has 154 valence electrons. The van der Waals surface area contributed by atoms with Gasteiger partial charge in [0.05, 0.1) is 0 Å². The maximum atomic E-state index is 14.1. The number of benzene rings is 2. The molecule has 0 heterocycles. The minimum Gasteiger partial charge on any atom is -0.209 e. The lowest BCUT2D eigenvalue weighted by atomic mass is 10.0. The van der Waals surface area contributed by atoms with Gasteiger partial charge in [-0.05, 0) is 49.1 Å². The summed E-state index contributed by atoms with van der Waals surface area (Å²) in [4.78, 5) is 0. The standard InChI is InChI=1S/C27H32F2/c1-3-5-7-8-9-10-22-12-14-23(15-13-22)16-17-24-18-20-25(21-19-24)27(29)26(28)11-6-4-2/h12-15,18-21H,3-11H2,1-2H3/b27-26+. The van der Waals surface area contributed by atoms with Gasteiger partial charge >= 0.3 is 0 Å². The van der Waals surface area contributed by atoms with Crippen LogP contribution in [0.2, 0.25) is 0 Å². The minimum atomic E-state index is -0.761. The number of hydrogen-bond acceptors (Lipinski definition) is 0. The van der Waals surface area contributed by atoms with Crippen LogP contribution in [-0.4, -0.2) is 0 Å². The monoisotopic (exact) mass is 394 g/mol. The Morgan fingerprint density at radius 2 is 1.24 bits per heavy atom. The molecule has 0 aliphatic rings. The van der Waals surface area contributed by atoms with Gasteiger partial charge in [0.25, 0.3) is 0 Å². The first-order valence-corrected chi connectivity index (χ1v) is 10.9. The number of unbranched alkanes of at least 4 members (excludes halogenated alkanes) is 5. The third-order valence-electron chi connectivity index (χ3n) is 5.00. The van der Waals surface area contributed by atoms with Crippen molar-refractivity contribution in [3.05, 3.63) is 76.6 Å². The molecule has 2 rings (SSSR count). The van der Waals surface area contributed by atoms with E-state index in [2.05, 4.69) is 30.9 Å². The molecule has 0 aliphatic carbocycles. The largest absolute Gasteiger partial charge is 0.209 e. The second-order valence-electron chi connectivity index (χ2n) is 7.51. The van der Waals surface area contributed by atoms with Crippen molar-refractivity contribution in [2.24, 2.45) is 0 Å². The molecular formula is C27H32F2. The van der Waals surface area contributed by atoms with Gasteiger partial charge in [-0.3, -0.25) is 0 Å². The molecule has 0 nitrogen and oxygen atoms in total. The smallest absolute Gasteiger partial charge is 0.161 e. The summed E-state index contributed by atoms with van der Waals surface area (Å²) in [6.07, 6.45) is 9.22. The molecule has 0 radical (unpaired) electrons. The summed E-state index contributed by atoms with van der Waals surface area (Å²) in [6.45, 7) is 4.19. The van der Waals surface area contributed by atoms with Crippen LogP contribution in [0, 0.1) is 11.8 Å². The van der Waals surface area contributed by atoms with Crippen molar-refractivity contribution in [2.45, 2.75) is 71.6 Å². The molecule has 0 aliphatic heterocycles. The third-order valence-corrected chi connectivity index (χ3v) is 5.00. The average Bonchev–Trinajstić information content (AvgIpc) is 2.76. The van der Waals surface area contributed by atoms with Gasteiger partial charge < -0.3 is 0 Å². The average molecular weight is 395 g/mol. The summed E-state index contributed by atoms with van der Waals surface area (Å²) < 4.78 is 27.9. The summed E-state index contributed by atoms with van der Waals surface area (Å²) in [5.41, 5.74) is 3.37. The van der Waals surface area contributed by atoms with E-state index in [1.54, 1.807) is 24.3 Å². The lowest BCUT2D eigenvalue weighted by Gasteiger charge is -2.02. The fraction of sp³-hybridized carbons (Fsp3) is 0.407. The summed E-state index contributed by atoms with van der Waals surface area (Å²) in [6, 6.07) is 15.0. The van der Waals surface area contributed by atoms with Gasteiger partial charge in [-0.2, -0.15) is 0 Å². The Kier molecular flexibility index (Phi) is 10.2. The van der Waals surface area contributed by atoms with E-state index in [0.29, 0.717) is 6.42 Å². The zero-order valence-corrected chi connectivity index (χ0v) is 17.7. The Morgan fingerprint density at radius 1 is 0.690 bits per heavy atom. The topological polar surface area (TPSA) is 0 Å². The van der Waals surface area contributed by atoms with Gasteiger partial charge in [0.2, 0.25) is 0 Å². The molecule has 2 aromatic rings. The van der Waals surface area contributed by atoms with E-state index in [-0.39, 0.29) is 12.0 Å². The predicted octanol–water partition coefficient (Wildman–Crippen LogP) is 8.40. The number of rotatable bonds is 10. The number of aryl methyl sites for hydroxylation is 1. The second-order valence-corrected chi connectivity index (χ2v) is 7.51. The Morgan fingerprint density at radius 3 is 1.83 bits per heavy atom. The maximum absolute atomic E-state index is 14.1. The van der Waals surface area contributed by atoms with E-state index in [0.717, 1.165) is 24.0 Å². The Balaban J connectivity index is 1.92. The van der Waals surface area contributed by atoms with Crippen LogP contribution in [0.5, 0.6) is 0 Å². The number of halogens is 2. The van der Waals surface area contributed by atoms with Crippen LogP contribution in [0.1, 0.15) is 87.5 Å². The molecule has 0 aromatic heterocycles. The van der Waals surface area contributed by atoms with Crippen molar-refractivity contribution in [3.63, 3.8) is 0 Å². The summed E-state index contributed by atoms with van der Waals surface area (Å²) in [5, 5.41) is 0. The Labute approximate surface area is 175 Å². The maximum Gasteiger partial charge on any atom is 0.161 e. The van der Waals surface area contributed by atoms with E-state index >= 15 is 0 Å². The highest BCUT2D eigenvalue weighted by Crippen LogP contribution is 2.25. The molecule has 0 amide bonds. The van der Waals surface area contributed by atoms with Gasteiger partial charge in [-0.1, -0.05) is 82.1 Å². The Hall–Kier alpha value is -2.40. The van der Waals surface area contributed by atoms with Gasteiger partial charge in [0.15, 0.2) is 5.83 Å². The molecule has 0 N–H and O–H groups in total. The first-order valence-electron chi connectivity index (χ1n) is 10.9. The molecule has 0 saturated heterocycles. The van der Waals surface area contributed by atoms with Crippen LogP contribution >= 0.6 is 0 Å². The molecule has 0 atom stereocenters. The number of hydrogen-bond donors (Lipinski definition) is 0. The molecule has 2 heteroatoms. The van der Waals surface area contributed by atoms with Crippen molar-refractivity contribution < 1.29 is 8.78 Å². The third kappa shape index (κ3) is 8.24. The lowest BCUT2D eigenvalue weighted by Crippen LogP contribution is -1.87. The van der Waals surface area contributed by atoms with Crippen molar-refractivity contribution in [3.8, 4) is 11.8 Å². The normalized spacial score (nSPS) is 11.6. The van der Waals surface area contributed by atoms with E-state index in [1.807, 2.05) is 19.1 Å². The lowest BCUT2D eigenvalue weighted by molar-refractivity contribution is 0.548. The quantitative estimate of drug-likeness (QED) is 0.280. The molecule has 0 saturated carbocycles. The van der Waals surface area contributed by atoms with Gasteiger partial charge in [0, 0.05) is 23.1 Å². The fourth-order valence-corrected chi connectivity index (χ4v) is 3.13. The van der Waals surface area contributed by atoms with Crippen molar-refractivity contribution in [1.82, 2.24) is 0 Å². The highest BCUT2D eigenvalue weighted by atomic mass is 19.2. The van der Waals surface area contributed by atoms with Crippen LogP contribution < -0.4 is 0 Å². The van der Waals surface area contributed by atoms with E-state index in [4.69, 9.17) is 0 Å². The van der Waals surface area contributed by atoms with Crippen LogP contribution in [0.4, 0.5) is 8.78 Å². The van der Waals surface area contributed by atoms with Crippen LogP contribution in [0.25, 0.3) is 5.83 Å². The second kappa shape index (κ2) is 12.9. The van der Waals surface area contributed by atoms with Crippen LogP contribution in [0.3, 0.4) is 0 Å². The molecule has 0 fully saturated rings. The molecule has 0 spiro atoms. The first kappa shape index (κ1) is 22.9. The molecular weight excluding hydrogens is 362 g/mol. The molecule has 0 unspecified atom stereocenters. The van der Waals surface area contributed by atoms with E-state index in [9.17, 15) is 8.78 Å². The van der Waals surface area contributed by atoms with Crippen LogP contribution in [0.15, 0.2) is 54.4 Å². The minimum absolute atomic E-state index is 0.151. The first-order chi connectivity index (χ1) is 14.1. The zero-order valence-electron chi connectivity index (χ0n) is 17.7. The van der Waals surface area contributed by atoms with E-state index < -0.39 is 11.7 Å². The summed E-state index contributed by atoms with van der Waals surface area (Å²) >= 11 is 0. The molecule has 0 bridgehead atoms. The summed E-state index contributed by atoms with van der Waals surface area (Å²) in [5.74, 6) is 4.80. The Bertz CT molecular complexity index is 818. The summed E-state index contributed by atoms with van der Waals surface area (Å²) in [7, 11) is 0. The van der Waals surface area contributed by atoms with Crippen molar-refractivity contribution >= 4 is 5.83 Å². The molecule has 2 aromatic carbocycles. The highest BCUT2D eigenvalue weighted by Gasteiger charge is 2.08. The van der Waals surface area contributed by atoms with Crippen LogP contribution in [-0.2, 0) is 6.42 Å². The fourth-order valence-electron chi connectivity index (χ4n) is 3.13. The predicted molar refractivity (Wildman–Crippen MR) is 120 cm³/mol. The SMILES string of the molecule is CCCCCCCc1ccc(C#Cc2ccc(/C(F)=C(\F)CCCC)cc2)cc1. The van der Waals surface area contributed by atoms with Gasteiger partial charge in [0.1, 0.15) is 5.83 Å². The van der Waals surface area contributed by atoms with E-state index in [1.165, 1.54) is 37.7 Å². The van der Waals surface area contributed by atoms with Crippen molar-refractivity contribution in [1.29, 1.82) is 0 Å². The zero-order chi connectivity index (χ0) is 20.9. The number of allylic oxidation sites excluding steroid dienone is 1. The van der Waals surface area contributed by atoms with Gasteiger partial charge in [-0.15, -0.1) is 0 Å². The van der Waals surface area contributed by atoms with Gasteiger partial charge in [-0.25, -0.2) is 8.78 Å². The van der Waals surface area contributed by atoms with Crippen molar-refractivity contribution in [2.75, 3.05) is 0 Å². The highest BCUT2D eigenvalue weighted by molar-refractivity contribution is 5.62.